The SMILES string of the molecule is CC(C)(C)OC(=O)N1C(=O)C2CC1CCC2C(=O)OCc1ccccc1. The molecule has 6 heteroatoms. The van der Waals surface area contributed by atoms with Crippen molar-refractivity contribution < 1.29 is 23.9 Å². The van der Waals surface area contributed by atoms with E-state index in [9.17, 15) is 14.4 Å². The number of amides is 2. The number of likely N-dealkylation sites (tertiary alicyclic amines) is 1. The minimum absolute atomic E-state index is 0.180. The fourth-order valence-corrected chi connectivity index (χ4v) is 3.68. The van der Waals surface area contributed by atoms with Gasteiger partial charge in [-0.15, -0.1) is 0 Å². The number of fused-ring (bicyclic) bond motifs is 2. The van der Waals surface area contributed by atoms with Crippen LogP contribution in [0.1, 0.15) is 45.6 Å². The van der Waals surface area contributed by atoms with Crippen LogP contribution in [0.15, 0.2) is 30.3 Å². The molecule has 3 unspecified atom stereocenters. The first-order chi connectivity index (χ1) is 12.3. The molecule has 2 amide bonds. The Labute approximate surface area is 153 Å². The highest BCUT2D eigenvalue weighted by atomic mass is 16.6. The highest BCUT2D eigenvalue weighted by Gasteiger charge is 2.52. The van der Waals surface area contributed by atoms with Gasteiger partial charge in [-0.05, 0) is 45.6 Å². The van der Waals surface area contributed by atoms with Crippen molar-refractivity contribution in [3.63, 3.8) is 0 Å². The Kier molecular flexibility index (Phi) is 5.03. The second-order valence-corrected chi connectivity index (χ2v) is 7.96. The second kappa shape index (κ2) is 7.09. The number of hydrogen-bond donors (Lipinski definition) is 0. The van der Waals surface area contributed by atoms with Crippen LogP contribution in [-0.2, 0) is 25.7 Å². The topological polar surface area (TPSA) is 72.9 Å². The average Bonchev–Trinajstić information content (AvgIpc) is 2.83. The molecule has 140 valence electrons. The summed E-state index contributed by atoms with van der Waals surface area (Å²) in [6.07, 6.45) is 1.04. The number of carbonyl (C=O) groups is 3. The standard InChI is InChI=1S/C20H25NO5/c1-20(2,3)26-19(24)21-14-9-10-15(16(11-14)17(21)22)18(23)25-12-13-7-5-4-6-8-13/h4-8,14-16H,9-12H2,1-3H3. The summed E-state index contributed by atoms with van der Waals surface area (Å²) in [5.41, 5.74) is 0.241. The van der Waals surface area contributed by atoms with Gasteiger partial charge in [0.05, 0.1) is 11.8 Å². The largest absolute Gasteiger partial charge is 0.461 e. The zero-order valence-electron chi connectivity index (χ0n) is 15.4. The molecule has 1 aliphatic heterocycles. The maximum atomic E-state index is 12.7. The van der Waals surface area contributed by atoms with Crippen molar-refractivity contribution in [1.82, 2.24) is 4.90 Å². The van der Waals surface area contributed by atoms with Gasteiger partial charge in [-0.25, -0.2) is 9.69 Å². The van der Waals surface area contributed by atoms with Crippen molar-refractivity contribution in [2.24, 2.45) is 11.8 Å². The van der Waals surface area contributed by atoms with E-state index in [0.717, 1.165) is 5.56 Å². The lowest BCUT2D eigenvalue weighted by atomic mass is 9.80. The summed E-state index contributed by atoms with van der Waals surface area (Å²) in [4.78, 5) is 38.8. The highest BCUT2D eigenvalue weighted by molar-refractivity contribution is 5.98. The molecule has 6 nitrogen and oxygen atoms in total. The van der Waals surface area contributed by atoms with Gasteiger partial charge in [0.15, 0.2) is 0 Å². The molecule has 3 atom stereocenters. The van der Waals surface area contributed by atoms with E-state index in [2.05, 4.69) is 0 Å². The summed E-state index contributed by atoms with van der Waals surface area (Å²) >= 11 is 0. The Hall–Kier alpha value is -2.37. The van der Waals surface area contributed by atoms with Crippen LogP contribution in [0.5, 0.6) is 0 Å². The number of rotatable bonds is 3. The lowest BCUT2D eigenvalue weighted by Crippen LogP contribution is -2.42. The Balaban J connectivity index is 1.63. The second-order valence-electron chi connectivity index (χ2n) is 7.96. The average molecular weight is 359 g/mol. The molecule has 1 saturated carbocycles. The lowest BCUT2D eigenvalue weighted by Gasteiger charge is -2.27. The first kappa shape index (κ1) is 18.4. The van der Waals surface area contributed by atoms with Crippen LogP contribution in [0.4, 0.5) is 4.79 Å². The van der Waals surface area contributed by atoms with Gasteiger partial charge in [0, 0.05) is 6.04 Å². The van der Waals surface area contributed by atoms with E-state index in [0.29, 0.717) is 19.3 Å². The van der Waals surface area contributed by atoms with E-state index in [-0.39, 0.29) is 24.5 Å². The Bertz CT molecular complexity index is 694. The molecule has 2 fully saturated rings. The van der Waals surface area contributed by atoms with Crippen molar-refractivity contribution in [3.05, 3.63) is 35.9 Å². The zero-order valence-corrected chi connectivity index (χ0v) is 15.4. The summed E-state index contributed by atoms with van der Waals surface area (Å²) in [5, 5.41) is 0. The maximum absolute atomic E-state index is 12.7. The van der Waals surface area contributed by atoms with Gasteiger partial charge in [0.2, 0.25) is 5.91 Å². The van der Waals surface area contributed by atoms with Gasteiger partial charge in [0.25, 0.3) is 0 Å². The third kappa shape index (κ3) is 3.89. The van der Waals surface area contributed by atoms with E-state index < -0.39 is 23.5 Å². The molecule has 1 aromatic rings. The number of esters is 1. The van der Waals surface area contributed by atoms with Crippen molar-refractivity contribution in [3.8, 4) is 0 Å². The first-order valence-electron chi connectivity index (χ1n) is 9.03. The van der Waals surface area contributed by atoms with E-state index in [1.807, 2.05) is 30.3 Å². The quantitative estimate of drug-likeness (QED) is 0.774. The van der Waals surface area contributed by atoms with E-state index >= 15 is 0 Å². The molecule has 2 bridgehead atoms. The molecule has 1 saturated heterocycles. The van der Waals surface area contributed by atoms with Gasteiger partial charge in [-0.2, -0.15) is 0 Å². The Morgan fingerprint density at radius 2 is 1.85 bits per heavy atom. The van der Waals surface area contributed by atoms with Crippen molar-refractivity contribution in [2.45, 2.75) is 58.3 Å². The predicted octanol–water partition coefficient (Wildman–Crippen LogP) is 3.29. The number of benzene rings is 1. The number of imide groups is 1. The minimum Gasteiger partial charge on any atom is -0.461 e. The first-order valence-corrected chi connectivity index (χ1v) is 9.03. The maximum Gasteiger partial charge on any atom is 0.417 e. The summed E-state index contributed by atoms with van der Waals surface area (Å²) in [6.45, 7) is 5.49. The van der Waals surface area contributed by atoms with Crippen LogP contribution in [0.25, 0.3) is 0 Å². The zero-order chi connectivity index (χ0) is 18.9. The summed E-state index contributed by atoms with van der Waals surface area (Å²) in [6, 6.07) is 9.25. The molecule has 1 aliphatic carbocycles. The summed E-state index contributed by atoms with van der Waals surface area (Å²) < 4.78 is 10.8. The van der Waals surface area contributed by atoms with Gasteiger partial charge < -0.3 is 9.47 Å². The van der Waals surface area contributed by atoms with Gasteiger partial charge in [-0.3, -0.25) is 9.59 Å². The third-order valence-electron chi connectivity index (χ3n) is 4.86. The monoisotopic (exact) mass is 359 g/mol. The van der Waals surface area contributed by atoms with Crippen LogP contribution in [0.2, 0.25) is 0 Å². The Morgan fingerprint density at radius 3 is 2.50 bits per heavy atom. The van der Waals surface area contributed by atoms with Gasteiger partial charge in [-0.1, -0.05) is 30.3 Å². The van der Waals surface area contributed by atoms with Gasteiger partial charge in [0.1, 0.15) is 12.2 Å². The normalized spacial score (nSPS) is 25.1. The van der Waals surface area contributed by atoms with Crippen LogP contribution in [0.3, 0.4) is 0 Å². The summed E-state index contributed by atoms with van der Waals surface area (Å²) in [7, 11) is 0. The molecule has 2 aliphatic rings. The van der Waals surface area contributed by atoms with Crippen molar-refractivity contribution in [2.75, 3.05) is 0 Å². The molecule has 3 rings (SSSR count). The Morgan fingerprint density at radius 1 is 1.15 bits per heavy atom. The molecular weight excluding hydrogens is 334 g/mol. The predicted molar refractivity (Wildman–Crippen MR) is 93.9 cm³/mol. The molecule has 0 spiro atoms. The number of carbonyl (C=O) groups excluding carboxylic acids is 3. The molecule has 1 heterocycles. The molecule has 0 aromatic heterocycles. The van der Waals surface area contributed by atoms with E-state index in [1.165, 1.54) is 4.90 Å². The number of ether oxygens (including phenoxy) is 2. The van der Waals surface area contributed by atoms with Crippen LogP contribution >= 0.6 is 0 Å². The smallest absolute Gasteiger partial charge is 0.417 e. The van der Waals surface area contributed by atoms with E-state index in [1.54, 1.807) is 20.8 Å². The van der Waals surface area contributed by atoms with E-state index in [4.69, 9.17) is 9.47 Å². The van der Waals surface area contributed by atoms with Crippen molar-refractivity contribution in [1.29, 1.82) is 0 Å². The fourth-order valence-electron chi connectivity index (χ4n) is 3.68. The van der Waals surface area contributed by atoms with Crippen LogP contribution < -0.4 is 0 Å². The summed E-state index contributed by atoms with van der Waals surface area (Å²) in [5.74, 6) is -1.67. The molecular formula is C20H25NO5. The number of hydrogen-bond acceptors (Lipinski definition) is 5. The minimum atomic E-state index is -0.665. The van der Waals surface area contributed by atoms with Gasteiger partial charge >= 0.3 is 12.1 Å². The highest BCUT2D eigenvalue weighted by Crippen LogP contribution is 2.41. The molecule has 0 N–H and O–H groups in total. The third-order valence-corrected chi connectivity index (χ3v) is 4.86. The lowest BCUT2D eigenvalue weighted by molar-refractivity contribution is -0.154. The molecule has 26 heavy (non-hydrogen) atoms. The van der Waals surface area contributed by atoms with Crippen LogP contribution in [0, 0.1) is 11.8 Å². The molecule has 1 aromatic carbocycles. The van der Waals surface area contributed by atoms with Crippen LogP contribution in [-0.4, -0.2) is 34.5 Å². The molecule has 0 radical (unpaired) electrons. The fraction of sp³-hybridized carbons (Fsp3) is 0.550. The van der Waals surface area contributed by atoms with Crippen molar-refractivity contribution >= 4 is 18.0 Å². The number of nitrogens with zero attached hydrogens (tertiary/aromatic N) is 1.